The maximum absolute atomic E-state index is 12.9. The molecule has 5 nitrogen and oxygen atoms in total. The normalized spacial score (nSPS) is 11.2. The molecule has 4 aromatic carbocycles. The van der Waals surface area contributed by atoms with Crippen LogP contribution in [0.1, 0.15) is 21.6 Å². The van der Waals surface area contributed by atoms with Gasteiger partial charge in [-0.3, -0.25) is 4.79 Å². The Morgan fingerprint density at radius 1 is 0.879 bits per heavy atom. The number of nitrogens with zero attached hydrogens (tertiary/aromatic N) is 3. The molecular formula is C28H22N4O. The maximum Gasteiger partial charge on any atom is 0.291 e. The molecule has 0 aliphatic heterocycles. The Morgan fingerprint density at radius 2 is 1.61 bits per heavy atom. The largest absolute Gasteiger partial charge is 0.291 e. The number of nitrogens with one attached hydrogen (secondary N) is 1. The standard InChI is InChI=1S/C28H22N4O/c1-20-10-5-8-17-26(20)32-27(24-16-9-14-22-13-6-7-15-23(22)24)18-25(31-32)28(33)30-29-19-21-11-3-2-4-12-21/h2-19H,1H3,(H,30,33)/b29-19-. The number of carbonyl (C=O) groups is 1. The summed E-state index contributed by atoms with van der Waals surface area (Å²) in [6.45, 7) is 2.04. The van der Waals surface area contributed by atoms with Crippen molar-refractivity contribution < 1.29 is 4.79 Å². The minimum absolute atomic E-state index is 0.298. The highest BCUT2D eigenvalue weighted by Crippen LogP contribution is 2.31. The highest BCUT2D eigenvalue weighted by molar-refractivity contribution is 5.99. The molecule has 33 heavy (non-hydrogen) atoms. The zero-order chi connectivity index (χ0) is 22.6. The Kier molecular flexibility index (Phi) is 5.52. The Hall–Kier alpha value is -4.51. The fourth-order valence-electron chi connectivity index (χ4n) is 3.88. The van der Waals surface area contributed by atoms with E-state index in [9.17, 15) is 4.79 Å². The summed E-state index contributed by atoms with van der Waals surface area (Å²) >= 11 is 0. The quantitative estimate of drug-likeness (QED) is 0.284. The topological polar surface area (TPSA) is 59.3 Å². The molecule has 0 saturated heterocycles. The number of aryl methyl sites for hydroxylation is 1. The van der Waals surface area contributed by atoms with Crippen LogP contribution >= 0.6 is 0 Å². The lowest BCUT2D eigenvalue weighted by Gasteiger charge is -2.12. The van der Waals surface area contributed by atoms with Gasteiger partial charge in [-0.2, -0.15) is 10.2 Å². The monoisotopic (exact) mass is 430 g/mol. The van der Waals surface area contributed by atoms with E-state index in [0.717, 1.165) is 38.8 Å². The summed E-state index contributed by atoms with van der Waals surface area (Å²) in [6.07, 6.45) is 1.61. The predicted octanol–water partition coefficient (Wildman–Crippen LogP) is 5.76. The summed E-state index contributed by atoms with van der Waals surface area (Å²) in [4.78, 5) is 12.9. The van der Waals surface area contributed by atoms with E-state index in [1.807, 2.05) is 90.5 Å². The van der Waals surface area contributed by atoms with E-state index in [0.29, 0.717) is 5.69 Å². The number of benzene rings is 4. The SMILES string of the molecule is Cc1ccccc1-n1nc(C(=O)N/N=C\c2ccccc2)cc1-c1cccc2ccccc12. The number of fused-ring (bicyclic) bond motifs is 1. The van der Waals surface area contributed by atoms with E-state index < -0.39 is 0 Å². The molecule has 0 unspecified atom stereocenters. The molecule has 5 rings (SSSR count). The lowest BCUT2D eigenvalue weighted by atomic mass is 10.0. The molecule has 5 heteroatoms. The number of carbonyl (C=O) groups excluding carboxylic acids is 1. The molecule has 0 bridgehead atoms. The number of hydrazone groups is 1. The molecule has 1 N–H and O–H groups in total. The molecule has 0 spiro atoms. The van der Waals surface area contributed by atoms with Gasteiger partial charge >= 0.3 is 0 Å². The minimum Gasteiger partial charge on any atom is -0.265 e. The van der Waals surface area contributed by atoms with Crippen molar-refractivity contribution in [1.29, 1.82) is 0 Å². The number of hydrogen-bond acceptors (Lipinski definition) is 3. The summed E-state index contributed by atoms with van der Waals surface area (Å²) in [6, 6.07) is 33.8. The van der Waals surface area contributed by atoms with Gasteiger partial charge in [0.2, 0.25) is 0 Å². The van der Waals surface area contributed by atoms with Crippen LogP contribution in [0.3, 0.4) is 0 Å². The van der Waals surface area contributed by atoms with Gasteiger partial charge in [-0.25, -0.2) is 10.1 Å². The van der Waals surface area contributed by atoms with Crippen molar-refractivity contribution in [1.82, 2.24) is 15.2 Å². The minimum atomic E-state index is -0.365. The lowest BCUT2D eigenvalue weighted by molar-refractivity contribution is 0.0949. The molecule has 1 amide bonds. The van der Waals surface area contributed by atoms with Crippen molar-refractivity contribution in [2.75, 3.05) is 0 Å². The Morgan fingerprint density at radius 3 is 2.45 bits per heavy atom. The molecule has 0 radical (unpaired) electrons. The molecular weight excluding hydrogens is 408 g/mol. The second-order valence-corrected chi connectivity index (χ2v) is 7.75. The Balaban J connectivity index is 1.58. The molecule has 5 aromatic rings. The summed E-state index contributed by atoms with van der Waals surface area (Å²) in [5.41, 5.74) is 7.64. The molecule has 0 aliphatic rings. The van der Waals surface area contributed by atoms with Crippen molar-refractivity contribution in [3.05, 3.63) is 120 Å². The van der Waals surface area contributed by atoms with Crippen LogP contribution in [0.5, 0.6) is 0 Å². The summed E-state index contributed by atoms with van der Waals surface area (Å²) in [7, 11) is 0. The van der Waals surface area contributed by atoms with Gasteiger partial charge in [0.25, 0.3) is 5.91 Å². The molecule has 0 atom stereocenters. The average Bonchev–Trinajstić information content (AvgIpc) is 3.30. The second kappa shape index (κ2) is 8.93. The van der Waals surface area contributed by atoms with Crippen molar-refractivity contribution in [2.45, 2.75) is 6.92 Å². The highest BCUT2D eigenvalue weighted by Gasteiger charge is 2.18. The summed E-state index contributed by atoms with van der Waals surface area (Å²) in [5.74, 6) is -0.365. The molecule has 0 aliphatic carbocycles. The number of hydrogen-bond donors (Lipinski definition) is 1. The van der Waals surface area contributed by atoms with Crippen LogP contribution in [0.2, 0.25) is 0 Å². The number of para-hydroxylation sites is 1. The van der Waals surface area contributed by atoms with E-state index in [4.69, 9.17) is 0 Å². The van der Waals surface area contributed by atoms with Crippen molar-refractivity contribution in [3.63, 3.8) is 0 Å². The molecule has 0 saturated carbocycles. The fourth-order valence-corrected chi connectivity index (χ4v) is 3.88. The van der Waals surface area contributed by atoms with Gasteiger partial charge in [0, 0.05) is 5.56 Å². The van der Waals surface area contributed by atoms with E-state index in [1.165, 1.54) is 0 Å². The average molecular weight is 431 g/mol. The third-order valence-corrected chi connectivity index (χ3v) is 5.53. The predicted molar refractivity (Wildman–Crippen MR) is 133 cm³/mol. The van der Waals surface area contributed by atoms with Crippen LogP contribution in [0.4, 0.5) is 0 Å². The van der Waals surface area contributed by atoms with E-state index in [1.54, 1.807) is 6.21 Å². The Bertz CT molecular complexity index is 1460. The molecule has 0 fully saturated rings. The number of rotatable bonds is 5. The summed E-state index contributed by atoms with van der Waals surface area (Å²) in [5, 5.41) is 11.0. The third kappa shape index (κ3) is 4.16. The third-order valence-electron chi connectivity index (χ3n) is 5.53. The van der Waals surface area contributed by atoms with Gasteiger partial charge in [-0.15, -0.1) is 0 Å². The second-order valence-electron chi connectivity index (χ2n) is 7.75. The zero-order valence-corrected chi connectivity index (χ0v) is 18.1. The first-order chi connectivity index (χ1) is 16.2. The van der Waals surface area contributed by atoms with Gasteiger partial charge in [-0.05, 0) is 41.0 Å². The van der Waals surface area contributed by atoms with Crippen LogP contribution in [-0.4, -0.2) is 21.9 Å². The fraction of sp³-hybridized carbons (Fsp3) is 0.0357. The van der Waals surface area contributed by atoms with Gasteiger partial charge in [0.1, 0.15) is 0 Å². The van der Waals surface area contributed by atoms with Crippen LogP contribution in [0.25, 0.3) is 27.7 Å². The van der Waals surface area contributed by atoms with Crippen LogP contribution in [0.15, 0.2) is 108 Å². The maximum atomic E-state index is 12.9. The highest BCUT2D eigenvalue weighted by atomic mass is 16.2. The van der Waals surface area contributed by atoms with Gasteiger partial charge in [-0.1, -0.05) is 91.0 Å². The van der Waals surface area contributed by atoms with Gasteiger partial charge in [0.05, 0.1) is 17.6 Å². The summed E-state index contributed by atoms with van der Waals surface area (Å²) < 4.78 is 1.84. The smallest absolute Gasteiger partial charge is 0.265 e. The molecule has 1 aromatic heterocycles. The lowest BCUT2D eigenvalue weighted by Crippen LogP contribution is -2.18. The van der Waals surface area contributed by atoms with Crippen molar-refractivity contribution >= 4 is 22.9 Å². The van der Waals surface area contributed by atoms with Gasteiger partial charge < -0.3 is 0 Å². The van der Waals surface area contributed by atoms with E-state index >= 15 is 0 Å². The zero-order valence-electron chi connectivity index (χ0n) is 18.1. The van der Waals surface area contributed by atoms with Crippen molar-refractivity contribution in [3.8, 4) is 16.9 Å². The first-order valence-corrected chi connectivity index (χ1v) is 10.7. The van der Waals surface area contributed by atoms with E-state index in [-0.39, 0.29) is 5.91 Å². The first-order valence-electron chi connectivity index (χ1n) is 10.7. The van der Waals surface area contributed by atoms with Crippen LogP contribution in [0, 0.1) is 6.92 Å². The number of aromatic nitrogens is 2. The first kappa shape index (κ1) is 20.4. The number of amides is 1. The molecule has 1 heterocycles. The van der Waals surface area contributed by atoms with Crippen LogP contribution in [-0.2, 0) is 0 Å². The Labute approximate surface area is 192 Å². The molecule has 160 valence electrons. The van der Waals surface area contributed by atoms with Crippen molar-refractivity contribution in [2.24, 2.45) is 5.10 Å². The van der Waals surface area contributed by atoms with Crippen LogP contribution < -0.4 is 5.43 Å². The van der Waals surface area contributed by atoms with Gasteiger partial charge in [0.15, 0.2) is 5.69 Å². The van der Waals surface area contributed by atoms with E-state index in [2.05, 4.69) is 39.9 Å².